The van der Waals surface area contributed by atoms with Gasteiger partial charge in [-0.05, 0) is 55.3 Å². The van der Waals surface area contributed by atoms with Crippen LogP contribution in [0.5, 0.6) is 0 Å². The molecule has 0 aromatic carbocycles. The molecule has 118 valence electrons. The topological polar surface area (TPSA) is 46.5 Å². The van der Waals surface area contributed by atoms with Crippen LogP contribution in [0.25, 0.3) is 0 Å². The Labute approximate surface area is 127 Å². The highest BCUT2D eigenvalue weighted by Crippen LogP contribution is 2.58. The molecule has 1 aliphatic heterocycles. The monoisotopic (exact) mass is 292 g/mol. The zero-order chi connectivity index (χ0) is 15.2. The van der Waals surface area contributed by atoms with Gasteiger partial charge in [0.25, 0.3) is 0 Å². The molecule has 1 N–H and O–H groups in total. The normalized spacial score (nSPS) is 44.5. The lowest BCUT2D eigenvalue weighted by molar-refractivity contribution is -0.139. The van der Waals surface area contributed by atoms with Crippen LogP contribution >= 0.6 is 0 Å². The number of cyclic esters (lactones) is 1. The predicted molar refractivity (Wildman–Crippen MR) is 81.6 cm³/mol. The second kappa shape index (κ2) is 5.42. The maximum absolute atomic E-state index is 11.5. The van der Waals surface area contributed by atoms with Gasteiger partial charge in [-0.2, -0.15) is 0 Å². The van der Waals surface area contributed by atoms with E-state index in [1.54, 1.807) is 0 Å². The first-order valence-electron chi connectivity index (χ1n) is 8.48. The van der Waals surface area contributed by atoms with Crippen LogP contribution in [0.3, 0.4) is 0 Å². The second-order valence-electron chi connectivity index (χ2n) is 7.80. The van der Waals surface area contributed by atoms with Crippen molar-refractivity contribution in [2.45, 2.75) is 71.0 Å². The molecule has 6 atom stereocenters. The van der Waals surface area contributed by atoms with Crippen LogP contribution in [0.1, 0.15) is 58.8 Å². The molecular weight excluding hydrogens is 264 g/mol. The van der Waals surface area contributed by atoms with Crippen LogP contribution < -0.4 is 0 Å². The Bertz CT molecular complexity index is 428. The minimum absolute atomic E-state index is 0.0242. The van der Waals surface area contributed by atoms with Crippen molar-refractivity contribution in [1.82, 2.24) is 0 Å². The van der Waals surface area contributed by atoms with Crippen molar-refractivity contribution in [3.8, 4) is 0 Å². The van der Waals surface area contributed by atoms with Gasteiger partial charge in [0, 0.05) is 12.0 Å². The summed E-state index contributed by atoms with van der Waals surface area (Å²) >= 11 is 0. The minimum atomic E-state index is -0.212. The Morgan fingerprint density at radius 2 is 2.19 bits per heavy atom. The molecule has 0 radical (unpaired) electrons. The molecule has 3 rings (SSSR count). The SMILES string of the molecule is C=C1C[C@H](C[C@@H](C)[C@H]2CCC3C(O)CCC[C@]32C)OC1=O. The van der Waals surface area contributed by atoms with Gasteiger partial charge in [-0.1, -0.05) is 26.8 Å². The highest BCUT2D eigenvalue weighted by atomic mass is 16.5. The summed E-state index contributed by atoms with van der Waals surface area (Å²) in [5.41, 5.74) is 0.896. The summed E-state index contributed by atoms with van der Waals surface area (Å²) in [6, 6.07) is 0. The largest absolute Gasteiger partial charge is 0.459 e. The van der Waals surface area contributed by atoms with E-state index in [4.69, 9.17) is 4.74 Å². The fourth-order valence-corrected chi connectivity index (χ4v) is 5.47. The summed E-state index contributed by atoms with van der Waals surface area (Å²) in [7, 11) is 0. The third-order valence-electron chi connectivity index (χ3n) is 6.52. The maximum atomic E-state index is 11.5. The van der Waals surface area contributed by atoms with Gasteiger partial charge >= 0.3 is 5.97 Å². The molecule has 3 aliphatic rings. The molecule has 2 unspecified atom stereocenters. The zero-order valence-electron chi connectivity index (χ0n) is 13.3. The van der Waals surface area contributed by atoms with Gasteiger partial charge in [-0.3, -0.25) is 0 Å². The van der Waals surface area contributed by atoms with Gasteiger partial charge < -0.3 is 9.84 Å². The predicted octanol–water partition coefficient (Wildman–Crippen LogP) is 3.46. The lowest BCUT2D eigenvalue weighted by Gasteiger charge is -2.45. The Kier molecular flexibility index (Phi) is 3.89. The van der Waals surface area contributed by atoms with Crippen LogP contribution in [0.15, 0.2) is 12.2 Å². The molecule has 2 aliphatic carbocycles. The average Bonchev–Trinajstić information content (AvgIpc) is 2.91. The third kappa shape index (κ3) is 2.54. The molecule has 1 saturated heterocycles. The molecule has 3 nitrogen and oxygen atoms in total. The van der Waals surface area contributed by atoms with Crippen molar-refractivity contribution in [1.29, 1.82) is 0 Å². The molecule has 0 aromatic rings. The number of fused-ring (bicyclic) bond motifs is 1. The van der Waals surface area contributed by atoms with Gasteiger partial charge in [-0.25, -0.2) is 4.79 Å². The van der Waals surface area contributed by atoms with E-state index >= 15 is 0 Å². The number of esters is 1. The van der Waals surface area contributed by atoms with Crippen molar-refractivity contribution < 1.29 is 14.6 Å². The molecule has 3 fully saturated rings. The average molecular weight is 292 g/mol. The van der Waals surface area contributed by atoms with Crippen LogP contribution in [0, 0.1) is 23.2 Å². The number of ether oxygens (including phenoxy) is 1. The first-order chi connectivity index (χ1) is 9.91. The first-order valence-corrected chi connectivity index (χ1v) is 8.48. The Morgan fingerprint density at radius 3 is 2.86 bits per heavy atom. The molecule has 0 amide bonds. The summed E-state index contributed by atoms with van der Waals surface area (Å²) in [5.74, 6) is 1.44. The summed E-state index contributed by atoms with van der Waals surface area (Å²) in [5, 5.41) is 10.3. The number of hydrogen-bond acceptors (Lipinski definition) is 3. The summed E-state index contributed by atoms with van der Waals surface area (Å²) in [6.07, 6.45) is 7.27. The molecule has 1 heterocycles. The van der Waals surface area contributed by atoms with Gasteiger partial charge in [0.1, 0.15) is 6.10 Å². The van der Waals surface area contributed by atoms with Crippen molar-refractivity contribution in [3.63, 3.8) is 0 Å². The van der Waals surface area contributed by atoms with E-state index in [1.807, 2.05) is 0 Å². The number of hydrogen-bond donors (Lipinski definition) is 1. The summed E-state index contributed by atoms with van der Waals surface area (Å²) in [4.78, 5) is 11.5. The van der Waals surface area contributed by atoms with Gasteiger partial charge in [0.05, 0.1) is 6.10 Å². The molecule has 0 bridgehead atoms. The van der Waals surface area contributed by atoms with Crippen molar-refractivity contribution in [2.24, 2.45) is 23.2 Å². The highest BCUT2D eigenvalue weighted by molar-refractivity contribution is 5.89. The molecule has 3 heteroatoms. The third-order valence-corrected chi connectivity index (χ3v) is 6.52. The molecule has 0 aromatic heterocycles. The zero-order valence-corrected chi connectivity index (χ0v) is 13.3. The van der Waals surface area contributed by atoms with Crippen molar-refractivity contribution in [3.05, 3.63) is 12.2 Å². The Morgan fingerprint density at radius 1 is 1.43 bits per heavy atom. The Hall–Kier alpha value is -0.830. The number of aliphatic hydroxyl groups is 1. The summed E-state index contributed by atoms with van der Waals surface area (Å²) < 4.78 is 5.41. The van der Waals surface area contributed by atoms with E-state index in [1.165, 1.54) is 12.8 Å². The summed E-state index contributed by atoms with van der Waals surface area (Å²) in [6.45, 7) is 8.45. The van der Waals surface area contributed by atoms with Crippen molar-refractivity contribution in [2.75, 3.05) is 0 Å². The molecule has 2 saturated carbocycles. The quantitative estimate of drug-likeness (QED) is 0.640. The molecule has 0 spiro atoms. The van der Waals surface area contributed by atoms with Crippen molar-refractivity contribution >= 4 is 5.97 Å². The van der Waals surface area contributed by atoms with E-state index in [2.05, 4.69) is 20.4 Å². The van der Waals surface area contributed by atoms with E-state index in [0.717, 1.165) is 25.7 Å². The lowest BCUT2D eigenvalue weighted by Crippen LogP contribution is -2.41. The van der Waals surface area contributed by atoms with Crippen LogP contribution in [-0.2, 0) is 9.53 Å². The Balaban J connectivity index is 1.66. The molecule has 21 heavy (non-hydrogen) atoms. The maximum Gasteiger partial charge on any atom is 0.333 e. The fraction of sp³-hybridized carbons (Fsp3) is 0.833. The van der Waals surface area contributed by atoms with Crippen LogP contribution in [0.2, 0.25) is 0 Å². The number of carbonyl (C=O) groups excluding carboxylic acids is 1. The number of rotatable bonds is 3. The van der Waals surface area contributed by atoms with Crippen LogP contribution in [-0.4, -0.2) is 23.3 Å². The molecular formula is C18H28O3. The standard InChI is InChI=1S/C18H28O3/c1-11(9-13-10-12(2)17(20)21-13)14-6-7-15-16(19)5-4-8-18(14,15)3/h11,13-16,19H,2,4-10H2,1,3H3/t11-,13+,14-,15?,16?,18+/m1/s1. The fourth-order valence-electron chi connectivity index (χ4n) is 5.47. The van der Waals surface area contributed by atoms with E-state index < -0.39 is 0 Å². The van der Waals surface area contributed by atoms with Crippen LogP contribution in [0.4, 0.5) is 0 Å². The second-order valence-corrected chi connectivity index (χ2v) is 7.80. The number of carbonyl (C=O) groups is 1. The van der Waals surface area contributed by atoms with E-state index in [0.29, 0.717) is 29.7 Å². The first kappa shape index (κ1) is 15.1. The van der Waals surface area contributed by atoms with Gasteiger partial charge in [0.15, 0.2) is 0 Å². The number of aliphatic hydroxyl groups excluding tert-OH is 1. The lowest BCUT2D eigenvalue weighted by atomic mass is 9.61. The minimum Gasteiger partial charge on any atom is -0.459 e. The van der Waals surface area contributed by atoms with E-state index in [9.17, 15) is 9.90 Å². The van der Waals surface area contributed by atoms with E-state index in [-0.39, 0.29) is 23.6 Å². The van der Waals surface area contributed by atoms with Gasteiger partial charge in [-0.15, -0.1) is 0 Å². The highest BCUT2D eigenvalue weighted by Gasteiger charge is 2.52. The smallest absolute Gasteiger partial charge is 0.333 e. The van der Waals surface area contributed by atoms with Gasteiger partial charge in [0.2, 0.25) is 0 Å².